The molecule has 5 nitrogen and oxygen atoms in total. The molecule has 0 fully saturated rings. The van der Waals surface area contributed by atoms with E-state index in [1.807, 2.05) is 7.05 Å². The van der Waals surface area contributed by atoms with Gasteiger partial charge in [-0.2, -0.15) is 0 Å². The van der Waals surface area contributed by atoms with Gasteiger partial charge in [-0.1, -0.05) is 0 Å². The van der Waals surface area contributed by atoms with Crippen LogP contribution in [0.15, 0.2) is 0 Å². The van der Waals surface area contributed by atoms with E-state index in [1.54, 1.807) is 0 Å². The Kier molecular flexibility index (Phi) is 8.08. The van der Waals surface area contributed by atoms with E-state index in [0.717, 1.165) is 0 Å². The summed E-state index contributed by atoms with van der Waals surface area (Å²) < 4.78 is 5.09. The Bertz CT molecular complexity index is 207. The molecule has 1 atom stereocenters. The summed E-state index contributed by atoms with van der Waals surface area (Å²) in [6.45, 7) is 2.71. The zero-order chi connectivity index (χ0) is 11.7. The molecule has 0 amide bonds. The van der Waals surface area contributed by atoms with Crippen LogP contribution in [-0.4, -0.2) is 44.4 Å². The second kappa shape index (κ2) is 8.52. The topological polar surface area (TPSA) is 81.4 Å². The second-order valence-corrected chi connectivity index (χ2v) is 3.47. The SMILES string of the molecule is CNCCOCC(=O)C(N)CCC(C)=O. The highest BCUT2D eigenvalue weighted by molar-refractivity contribution is 5.85. The minimum Gasteiger partial charge on any atom is -0.372 e. The van der Waals surface area contributed by atoms with Crippen molar-refractivity contribution in [3.8, 4) is 0 Å². The largest absolute Gasteiger partial charge is 0.372 e. The standard InChI is InChI=1S/C10H20N2O3/c1-8(13)3-4-9(11)10(14)7-15-6-5-12-2/h9,12H,3-7,11H2,1-2H3. The van der Waals surface area contributed by atoms with Crippen molar-refractivity contribution >= 4 is 11.6 Å². The molecule has 0 saturated heterocycles. The van der Waals surface area contributed by atoms with Gasteiger partial charge in [-0.05, 0) is 20.4 Å². The average Bonchev–Trinajstić information content (AvgIpc) is 2.20. The highest BCUT2D eigenvalue weighted by Gasteiger charge is 2.13. The molecule has 88 valence electrons. The quantitative estimate of drug-likeness (QED) is 0.507. The summed E-state index contributed by atoms with van der Waals surface area (Å²) in [6.07, 6.45) is 0.757. The van der Waals surface area contributed by atoms with Crippen molar-refractivity contribution in [3.05, 3.63) is 0 Å². The van der Waals surface area contributed by atoms with Crippen LogP contribution in [0.2, 0.25) is 0 Å². The molecule has 0 aliphatic rings. The highest BCUT2D eigenvalue weighted by Crippen LogP contribution is 1.97. The molecule has 0 aromatic heterocycles. The first-order chi connectivity index (χ1) is 7.07. The molecule has 15 heavy (non-hydrogen) atoms. The fourth-order valence-corrected chi connectivity index (χ4v) is 0.974. The molecule has 0 aromatic rings. The van der Waals surface area contributed by atoms with E-state index in [0.29, 0.717) is 26.0 Å². The van der Waals surface area contributed by atoms with E-state index in [9.17, 15) is 9.59 Å². The number of ether oxygens (including phenoxy) is 1. The monoisotopic (exact) mass is 216 g/mol. The Morgan fingerprint density at radius 3 is 2.67 bits per heavy atom. The molecule has 0 spiro atoms. The Balaban J connectivity index is 3.55. The highest BCUT2D eigenvalue weighted by atomic mass is 16.5. The lowest BCUT2D eigenvalue weighted by molar-refractivity contribution is -0.125. The van der Waals surface area contributed by atoms with Crippen molar-refractivity contribution in [2.75, 3.05) is 26.8 Å². The minimum absolute atomic E-state index is 0.0285. The van der Waals surface area contributed by atoms with Crippen LogP contribution in [0, 0.1) is 0 Å². The van der Waals surface area contributed by atoms with Gasteiger partial charge in [-0.3, -0.25) is 4.79 Å². The number of hydrogen-bond donors (Lipinski definition) is 2. The molecule has 0 bridgehead atoms. The van der Waals surface area contributed by atoms with E-state index in [2.05, 4.69) is 5.32 Å². The number of nitrogens with two attached hydrogens (primary N) is 1. The number of carbonyl (C=O) groups excluding carboxylic acids is 2. The molecule has 0 saturated carbocycles. The molecule has 3 N–H and O–H groups in total. The summed E-state index contributed by atoms with van der Waals surface area (Å²) in [7, 11) is 1.81. The Labute approximate surface area is 90.4 Å². The summed E-state index contributed by atoms with van der Waals surface area (Å²) in [4.78, 5) is 22.0. The zero-order valence-corrected chi connectivity index (χ0v) is 9.41. The maximum absolute atomic E-state index is 11.3. The molecular formula is C10H20N2O3. The van der Waals surface area contributed by atoms with Gasteiger partial charge in [-0.15, -0.1) is 0 Å². The number of rotatable bonds is 9. The van der Waals surface area contributed by atoms with Crippen LogP contribution in [0.4, 0.5) is 0 Å². The molecule has 0 aromatic carbocycles. The average molecular weight is 216 g/mol. The van der Waals surface area contributed by atoms with Gasteiger partial charge in [0.05, 0.1) is 12.6 Å². The fourth-order valence-electron chi connectivity index (χ4n) is 0.974. The summed E-state index contributed by atoms with van der Waals surface area (Å²) in [6, 6.07) is -0.580. The first kappa shape index (κ1) is 14.2. The maximum Gasteiger partial charge on any atom is 0.175 e. The maximum atomic E-state index is 11.3. The van der Waals surface area contributed by atoms with Crippen LogP contribution in [0.5, 0.6) is 0 Å². The second-order valence-electron chi connectivity index (χ2n) is 3.47. The summed E-state index contributed by atoms with van der Waals surface area (Å²) in [5.74, 6) is -0.0956. The molecule has 1 unspecified atom stereocenters. The first-order valence-corrected chi connectivity index (χ1v) is 5.08. The van der Waals surface area contributed by atoms with Gasteiger partial charge in [0.15, 0.2) is 5.78 Å². The first-order valence-electron chi connectivity index (χ1n) is 5.08. The minimum atomic E-state index is -0.580. The van der Waals surface area contributed by atoms with Crippen molar-refractivity contribution in [1.29, 1.82) is 0 Å². The van der Waals surface area contributed by atoms with Gasteiger partial charge >= 0.3 is 0 Å². The molecule has 0 aliphatic carbocycles. The lowest BCUT2D eigenvalue weighted by Gasteiger charge is -2.09. The molecule has 0 rings (SSSR count). The number of likely N-dealkylation sites (N-methyl/N-ethyl adjacent to an activating group) is 1. The number of ketones is 2. The van der Waals surface area contributed by atoms with E-state index in [1.165, 1.54) is 6.92 Å². The van der Waals surface area contributed by atoms with E-state index in [-0.39, 0.29) is 18.2 Å². The Morgan fingerprint density at radius 1 is 1.47 bits per heavy atom. The summed E-state index contributed by atoms with van der Waals surface area (Å²) >= 11 is 0. The predicted molar refractivity (Wildman–Crippen MR) is 57.6 cm³/mol. The lowest BCUT2D eigenvalue weighted by atomic mass is 10.1. The smallest absolute Gasteiger partial charge is 0.175 e. The van der Waals surface area contributed by atoms with Crippen LogP contribution in [0.3, 0.4) is 0 Å². The zero-order valence-electron chi connectivity index (χ0n) is 9.41. The third-order valence-corrected chi connectivity index (χ3v) is 1.96. The number of hydrogen-bond acceptors (Lipinski definition) is 5. The molecule has 5 heteroatoms. The predicted octanol–water partition coefficient (Wildman–Crippen LogP) is -0.512. The third kappa shape index (κ3) is 8.23. The van der Waals surface area contributed by atoms with Crippen molar-refractivity contribution in [3.63, 3.8) is 0 Å². The van der Waals surface area contributed by atoms with Crippen molar-refractivity contribution in [2.24, 2.45) is 5.73 Å². The fraction of sp³-hybridized carbons (Fsp3) is 0.800. The molecule has 0 heterocycles. The summed E-state index contributed by atoms with van der Waals surface area (Å²) in [5, 5.41) is 2.90. The Hall–Kier alpha value is -0.780. The van der Waals surface area contributed by atoms with E-state index < -0.39 is 6.04 Å². The van der Waals surface area contributed by atoms with Gasteiger partial charge < -0.3 is 20.6 Å². The lowest BCUT2D eigenvalue weighted by Crippen LogP contribution is -2.34. The van der Waals surface area contributed by atoms with Gasteiger partial charge in [0.1, 0.15) is 12.4 Å². The van der Waals surface area contributed by atoms with Crippen molar-refractivity contribution < 1.29 is 14.3 Å². The Morgan fingerprint density at radius 2 is 2.13 bits per heavy atom. The van der Waals surface area contributed by atoms with E-state index in [4.69, 9.17) is 10.5 Å². The van der Waals surface area contributed by atoms with Crippen LogP contribution >= 0.6 is 0 Å². The van der Waals surface area contributed by atoms with E-state index >= 15 is 0 Å². The number of nitrogens with one attached hydrogen (secondary N) is 1. The number of Topliss-reactive ketones (excluding diaryl/α,β-unsaturated/α-hetero) is 2. The van der Waals surface area contributed by atoms with Crippen molar-refractivity contribution in [1.82, 2.24) is 5.32 Å². The number of carbonyl (C=O) groups is 2. The van der Waals surface area contributed by atoms with Crippen LogP contribution in [-0.2, 0) is 14.3 Å². The molecule has 0 aliphatic heterocycles. The van der Waals surface area contributed by atoms with Gasteiger partial charge in [0, 0.05) is 13.0 Å². The van der Waals surface area contributed by atoms with Crippen molar-refractivity contribution in [2.45, 2.75) is 25.8 Å². The van der Waals surface area contributed by atoms with Crippen LogP contribution in [0.1, 0.15) is 19.8 Å². The summed E-state index contributed by atoms with van der Waals surface area (Å²) in [5.41, 5.74) is 5.58. The third-order valence-electron chi connectivity index (χ3n) is 1.96. The normalized spacial score (nSPS) is 12.5. The van der Waals surface area contributed by atoms with Gasteiger partial charge in [0.25, 0.3) is 0 Å². The molecular weight excluding hydrogens is 196 g/mol. The molecule has 0 radical (unpaired) electrons. The van der Waals surface area contributed by atoms with Crippen LogP contribution < -0.4 is 11.1 Å². The van der Waals surface area contributed by atoms with Gasteiger partial charge in [0.2, 0.25) is 0 Å². The van der Waals surface area contributed by atoms with Crippen LogP contribution in [0.25, 0.3) is 0 Å². The van der Waals surface area contributed by atoms with Gasteiger partial charge in [-0.25, -0.2) is 0 Å².